The van der Waals surface area contributed by atoms with Crippen molar-refractivity contribution in [3.63, 3.8) is 0 Å². The molecule has 2 unspecified atom stereocenters. The lowest BCUT2D eigenvalue weighted by Gasteiger charge is -2.41. The number of rotatable bonds is 1. The molecule has 2 N–H and O–H groups in total. The summed E-state index contributed by atoms with van der Waals surface area (Å²) in [6.45, 7) is 2.17. The number of amides is 1. The van der Waals surface area contributed by atoms with E-state index in [1.54, 1.807) is 0 Å². The summed E-state index contributed by atoms with van der Waals surface area (Å²) < 4.78 is 0. The average Bonchev–Trinajstić information content (AvgIpc) is 3.00. The van der Waals surface area contributed by atoms with E-state index in [1.165, 1.54) is 43.4 Å². The fourth-order valence-electron chi connectivity index (χ4n) is 3.65. The quantitative estimate of drug-likeness (QED) is 0.811. The maximum atomic E-state index is 12.8. The highest BCUT2D eigenvalue weighted by molar-refractivity contribution is 7.12. The van der Waals surface area contributed by atoms with Crippen LogP contribution in [0, 0.1) is 23.7 Å². The van der Waals surface area contributed by atoms with Crippen LogP contribution in [0.1, 0.15) is 47.3 Å². The summed E-state index contributed by atoms with van der Waals surface area (Å²) in [6.07, 6.45) is 6.53. The van der Waals surface area contributed by atoms with Crippen molar-refractivity contribution in [2.45, 2.75) is 32.1 Å². The summed E-state index contributed by atoms with van der Waals surface area (Å²) in [7, 11) is 0. The fraction of sp³-hybridized carbons (Fsp3) is 0.588. The summed E-state index contributed by atoms with van der Waals surface area (Å²) in [4.78, 5) is 15.6. The normalized spacial score (nSPS) is 24.9. The van der Waals surface area contributed by atoms with E-state index in [1.807, 2.05) is 16.3 Å². The molecule has 2 fully saturated rings. The third-order valence-corrected chi connectivity index (χ3v) is 5.67. The van der Waals surface area contributed by atoms with Gasteiger partial charge in [-0.25, -0.2) is 0 Å². The van der Waals surface area contributed by atoms with Crippen molar-refractivity contribution >= 4 is 17.2 Å². The number of carbonyl (C=O) groups is 1. The van der Waals surface area contributed by atoms with Crippen molar-refractivity contribution in [2.75, 3.05) is 19.6 Å². The van der Waals surface area contributed by atoms with Crippen LogP contribution in [0.5, 0.6) is 0 Å². The Morgan fingerprint density at radius 2 is 2.14 bits per heavy atom. The van der Waals surface area contributed by atoms with E-state index in [-0.39, 0.29) is 5.91 Å². The number of fused-ring (bicyclic) bond motifs is 1. The molecule has 4 heteroatoms. The molecule has 2 atom stereocenters. The molecule has 1 saturated carbocycles. The van der Waals surface area contributed by atoms with Crippen LogP contribution < -0.4 is 5.73 Å². The third kappa shape index (κ3) is 3.14. The Morgan fingerprint density at radius 1 is 1.33 bits per heavy atom. The van der Waals surface area contributed by atoms with Gasteiger partial charge in [0.25, 0.3) is 5.91 Å². The summed E-state index contributed by atoms with van der Waals surface area (Å²) in [5.74, 6) is 7.59. The van der Waals surface area contributed by atoms with Crippen molar-refractivity contribution in [1.82, 2.24) is 4.90 Å². The van der Waals surface area contributed by atoms with Gasteiger partial charge in [0, 0.05) is 18.7 Å². The summed E-state index contributed by atoms with van der Waals surface area (Å²) in [5, 5.41) is 1.95. The van der Waals surface area contributed by atoms with Crippen LogP contribution in [0.3, 0.4) is 0 Å². The van der Waals surface area contributed by atoms with Crippen molar-refractivity contribution in [3.05, 3.63) is 21.9 Å². The number of hydrogen-bond acceptors (Lipinski definition) is 3. The predicted octanol–water partition coefficient (Wildman–Crippen LogP) is 2.71. The Morgan fingerprint density at radius 3 is 2.95 bits per heavy atom. The number of nitrogens with zero attached hydrogens (tertiary/aromatic N) is 1. The number of carbonyl (C=O) groups excluding carboxylic acids is 1. The molecule has 1 amide bonds. The van der Waals surface area contributed by atoms with E-state index < -0.39 is 0 Å². The lowest BCUT2D eigenvalue weighted by atomic mass is 9.75. The number of piperidine rings is 1. The highest BCUT2D eigenvalue weighted by Gasteiger charge is 2.33. The highest BCUT2D eigenvalue weighted by Crippen LogP contribution is 2.36. The second-order valence-electron chi connectivity index (χ2n) is 6.01. The van der Waals surface area contributed by atoms with Gasteiger partial charge in [0.2, 0.25) is 0 Å². The first kappa shape index (κ1) is 14.6. The minimum absolute atomic E-state index is 0.162. The molecule has 0 spiro atoms. The Bertz CT molecular complexity index is 569. The smallest absolute Gasteiger partial charge is 0.265 e. The average molecular weight is 302 g/mol. The molecular weight excluding hydrogens is 280 g/mol. The zero-order valence-electron chi connectivity index (χ0n) is 12.3. The van der Waals surface area contributed by atoms with Crippen LogP contribution in [-0.2, 0) is 0 Å². The Balaban J connectivity index is 1.72. The lowest BCUT2D eigenvalue weighted by molar-refractivity contribution is 0.0525. The van der Waals surface area contributed by atoms with Crippen molar-refractivity contribution in [1.29, 1.82) is 0 Å². The van der Waals surface area contributed by atoms with Crippen LogP contribution in [0.2, 0.25) is 0 Å². The molecule has 2 aliphatic rings. The third-order valence-electron chi connectivity index (χ3n) is 4.76. The molecule has 112 valence electrons. The monoisotopic (exact) mass is 302 g/mol. The summed E-state index contributed by atoms with van der Waals surface area (Å²) in [5.41, 5.74) is 6.26. The molecule has 0 radical (unpaired) electrons. The van der Waals surface area contributed by atoms with Gasteiger partial charge in [-0.05, 0) is 36.1 Å². The van der Waals surface area contributed by atoms with Crippen LogP contribution in [0.15, 0.2) is 11.4 Å². The number of thiophene rings is 1. The van der Waals surface area contributed by atoms with Gasteiger partial charge in [-0.3, -0.25) is 4.79 Å². The van der Waals surface area contributed by atoms with E-state index in [9.17, 15) is 4.79 Å². The zero-order valence-corrected chi connectivity index (χ0v) is 13.1. The first-order valence-corrected chi connectivity index (χ1v) is 8.73. The Hall–Kier alpha value is -1.31. The van der Waals surface area contributed by atoms with Crippen molar-refractivity contribution < 1.29 is 4.79 Å². The molecule has 1 saturated heterocycles. The second kappa shape index (κ2) is 6.64. The van der Waals surface area contributed by atoms with E-state index in [2.05, 4.69) is 11.8 Å². The number of likely N-dealkylation sites (tertiary alicyclic amines) is 1. The van der Waals surface area contributed by atoms with Gasteiger partial charge in [-0.1, -0.05) is 31.1 Å². The molecule has 0 aromatic carbocycles. The van der Waals surface area contributed by atoms with Crippen molar-refractivity contribution in [3.8, 4) is 11.8 Å². The Kier molecular flexibility index (Phi) is 4.62. The first-order chi connectivity index (χ1) is 10.3. The number of hydrogen-bond donors (Lipinski definition) is 1. The highest BCUT2D eigenvalue weighted by atomic mass is 32.1. The largest absolute Gasteiger partial charge is 0.338 e. The van der Waals surface area contributed by atoms with Crippen molar-refractivity contribution in [2.24, 2.45) is 17.6 Å². The van der Waals surface area contributed by atoms with Gasteiger partial charge in [0.1, 0.15) is 4.88 Å². The van der Waals surface area contributed by atoms with Crippen LogP contribution in [-0.4, -0.2) is 30.4 Å². The lowest BCUT2D eigenvalue weighted by Crippen LogP contribution is -2.44. The molecule has 1 aromatic heterocycles. The molecule has 1 aliphatic heterocycles. The van der Waals surface area contributed by atoms with Gasteiger partial charge in [0.15, 0.2) is 0 Å². The van der Waals surface area contributed by atoms with Crippen LogP contribution in [0.4, 0.5) is 0 Å². The van der Waals surface area contributed by atoms with Gasteiger partial charge in [-0.2, -0.15) is 0 Å². The molecule has 3 rings (SSSR count). The molecule has 0 bridgehead atoms. The van der Waals surface area contributed by atoms with Gasteiger partial charge < -0.3 is 10.6 Å². The van der Waals surface area contributed by atoms with Gasteiger partial charge in [-0.15, -0.1) is 11.3 Å². The molecule has 1 aliphatic carbocycles. The van der Waals surface area contributed by atoms with E-state index in [4.69, 9.17) is 5.73 Å². The molecule has 2 heterocycles. The molecular formula is C17H22N2OS. The second-order valence-corrected chi connectivity index (χ2v) is 6.93. The van der Waals surface area contributed by atoms with E-state index >= 15 is 0 Å². The summed E-state index contributed by atoms with van der Waals surface area (Å²) in [6, 6.07) is 1.92. The van der Waals surface area contributed by atoms with Crippen LogP contribution >= 0.6 is 11.3 Å². The SMILES string of the molecule is NCC#Cc1ccsc1C(=O)N1CCC2CCCCC2C1. The van der Waals surface area contributed by atoms with E-state index in [0.29, 0.717) is 6.54 Å². The van der Waals surface area contributed by atoms with Crippen LogP contribution in [0.25, 0.3) is 0 Å². The minimum Gasteiger partial charge on any atom is -0.338 e. The molecule has 21 heavy (non-hydrogen) atoms. The van der Waals surface area contributed by atoms with Gasteiger partial charge >= 0.3 is 0 Å². The standard InChI is InChI=1S/C17H22N2OS/c18-9-3-6-14-8-11-21-16(14)17(20)19-10-7-13-4-1-2-5-15(13)12-19/h8,11,13,15H,1-2,4-5,7,9-10,12,18H2. The van der Waals surface area contributed by atoms with Gasteiger partial charge in [0.05, 0.1) is 6.54 Å². The topological polar surface area (TPSA) is 46.3 Å². The predicted molar refractivity (Wildman–Crippen MR) is 86.2 cm³/mol. The summed E-state index contributed by atoms with van der Waals surface area (Å²) >= 11 is 1.50. The maximum Gasteiger partial charge on any atom is 0.265 e. The maximum absolute atomic E-state index is 12.8. The molecule has 1 aromatic rings. The Labute approximate surface area is 130 Å². The molecule has 3 nitrogen and oxygen atoms in total. The first-order valence-electron chi connectivity index (χ1n) is 7.85. The fourth-order valence-corrected chi connectivity index (χ4v) is 4.46. The minimum atomic E-state index is 0.162. The van der Waals surface area contributed by atoms with E-state index in [0.717, 1.165) is 35.4 Å². The number of nitrogens with two attached hydrogens (primary N) is 1. The zero-order chi connectivity index (χ0) is 14.7.